The van der Waals surface area contributed by atoms with Crippen LogP contribution in [-0.2, 0) is 25.6 Å². The number of carbonyl (C=O) groups excluding carboxylic acids is 2. The fourth-order valence-corrected chi connectivity index (χ4v) is 5.86. The number of anilines is 1. The van der Waals surface area contributed by atoms with Crippen molar-refractivity contribution in [3.05, 3.63) is 69.3 Å². The van der Waals surface area contributed by atoms with Crippen LogP contribution in [0.15, 0.2) is 41.2 Å². The molecule has 3 aromatic rings. The van der Waals surface area contributed by atoms with E-state index in [4.69, 9.17) is 11.5 Å². The van der Waals surface area contributed by atoms with Crippen LogP contribution in [0.1, 0.15) is 71.8 Å². The predicted molar refractivity (Wildman–Crippen MR) is 175 cm³/mol. The molecule has 0 saturated carbocycles. The fraction of sp³-hybridized carbons (Fsp3) is 0.382. The Bertz CT molecular complexity index is 1810. The molecule has 0 spiro atoms. The lowest BCUT2D eigenvalue weighted by Gasteiger charge is -2.25. The van der Waals surface area contributed by atoms with Crippen molar-refractivity contribution in [2.24, 2.45) is 0 Å². The van der Waals surface area contributed by atoms with E-state index in [0.29, 0.717) is 29.8 Å². The van der Waals surface area contributed by atoms with Crippen LogP contribution in [0.5, 0.6) is 0 Å². The Morgan fingerprint density at radius 1 is 1.02 bits per heavy atom. The van der Waals surface area contributed by atoms with Gasteiger partial charge < -0.3 is 35.8 Å². The number of carbonyl (C=O) groups is 5. The zero-order chi connectivity index (χ0) is 35.0. The van der Waals surface area contributed by atoms with Crippen LogP contribution in [0.3, 0.4) is 0 Å². The standard InChI is InChI=1S/C34H37N5O9/c1-3-15-39(16-14-20-4-5-22-17-28-25(18-24(20)22)32(44)36-19(2)35-28)23-8-6-21(7-9-23)31(43)38-27(34(47)48)10-12-29(40)37-26(33(45)46)11-13-30(41)42/h1,6-9,17-18,20,26-27H,4-5,10-16H2,2H3,(H,37,40)(H,38,43)(H,41,42)(H,45,46)(H,47,48)(H,35,36,44)/t20?,26-,27+/m1/s1. The Kier molecular flexibility index (Phi) is 11.5. The zero-order valence-corrected chi connectivity index (χ0v) is 26.3. The number of nitrogens with one attached hydrogen (secondary N) is 3. The molecule has 4 rings (SSSR count). The van der Waals surface area contributed by atoms with E-state index in [1.54, 1.807) is 19.1 Å². The van der Waals surface area contributed by atoms with Crippen LogP contribution in [0, 0.1) is 19.3 Å². The molecule has 14 nitrogen and oxygen atoms in total. The minimum atomic E-state index is -1.44. The molecule has 252 valence electrons. The van der Waals surface area contributed by atoms with Crippen molar-refractivity contribution in [1.29, 1.82) is 0 Å². The Labute approximate surface area is 275 Å². The number of aromatic nitrogens is 2. The van der Waals surface area contributed by atoms with E-state index in [1.807, 2.05) is 17.0 Å². The fourth-order valence-electron chi connectivity index (χ4n) is 5.86. The van der Waals surface area contributed by atoms with Crippen molar-refractivity contribution in [3.63, 3.8) is 0 Å². The number of benzene rings is 2. The number of terminal acetylenes is 1. The molecular weight excluding hydrogens is 622 g/mol. The van der Waals surface area contributed by atoms with E-state index in [9.17, 15) is 39.0 Å². The first-order valence-corrected chi connectivity index (χ1v) is 15.5. The van der Waals surface area contributed by atoms with Gasteiger partial charge in [-0.15, -0.1) is 6.42 Å². The second kappa shape index (κ2) is 15.7. The number of hydrogen-bond acceptors (Lipinski definition) is 8. The van der Waals surface area contributed by atoms with E-state index in [0.717, 1.165) is 30.5 Å². The van der Waals surface area contributed by atoms with Gasteiger partial charge in [-0.2, -0.15) is 0 Å². The molecule has 0 radical (unpaired) electrons. The molecule has 0 saturated heterocycles. The third-order valence-corrected chi connectivity index (χ3v) is 8.35. The Morgan fingerprint density at radius 3 is 2.33 bits per heavy atom. The summed E-state index contributed by atoms with van der Waals surface area (Å²) in [6.45, 7) is 2.68. The summed E-state index contributed by atoms with van der Waals surface area (Å²) in [6.07, 6.45) is 6.71. The summed E-state index contributed by atoms with van der Waals surface area (Å²) in [5.74, 6) is -2.04. The molecule has 3 atom stereocenters. The summed E-state index contributed by atoms with van der Waals surface area (Å²) >= 11 is 0. The number of nitrogens with zero attached hydrogens (tertiary/aromatic N) is 2. The van der Waals surface area contributed by atoms with Gasteiger partial charge in [0.2, 0.25) is 5.91 Å². The molecular formula is C34H37N5O9. The van der Waals surface area contributed by atoms with Crippen molar-refractivity contribution in [3.8, 4) is 12.3 Å². The number of fused-ring (bicyclic) bond motifs is 2. The molecule has 1 aromatic heterocycles. The van der Waals surface area contributed by atoms with E-state index < -0.39 is 54.6 Å². The van der Waals surface area contributed by atoms with Gasteiger partial charge in [0.1, 0.15) is 17.9 Å². The number of H-pyrrole nitrogens is 1. The highest BCUT2D eigenvalue weighted by Gasteiger charge is 2.26. The Morgan fingerprint density at radius 2 is 1.69 bits per heavy atom. The molecule has 0 fully saturated rings. The number of aromatic amines is 1. The first-order chi connectivity index (χ1) is 22.9. The van der Waals surface area contributed by atoms with Crippen molar-refractivity contribution in [2.45, 2.75) is 69.9 Å². The van der Waals surface area contributed by atoms with Gasteiger partial charge in [0.05, 0.1) is 17.4 Å². The number of hydrogen-bond donors (Lipinski definition) is 6. The quantitative estimate of drug-likeness (QED) is 0.122. The van der Waals surface area contributed by atoms with Gasteiger partial charge in [0.25, 0.3) is 11.5 Å². The van der Waals surface area contributed by atoms with Crippen molar-refractivity contribution in [1.82, 2.24) is 20.6 Å². The van der Waals surface area contributed by atoms with Gasteiger partial charge >= 0.3 is 17.9 Å². The van der Waals surface area contributed by atoms with Crippen molar-refractivity contribution >= 4 is 46.3 Å². The van der Waals surface area contributed by atoms with E-state index in [-0.39, 0.29) is 29.9 Å². The number of aryl methyl sites for hydroxylation is 2. The molecule has 6 N–H and O–H groups in total. The van der Waals surface area contributed by atoms with Gasteiger partial charge in [0, 0.05) is 30.6 Å². The van der Waals surface area contributed by atoms with Crippen LogP contribution >= 0.6 is 0 Å². The molecule has 0 aliphatic heterocycles. The van der Waals surface area contributed by atoms with Crippen LogP contribution in [0.25, 0.3) is 10.9 Å². The molecule has 2 amide bonds. The highest BCUT2D eigenvalue weighted by molar-refractivity contribution is 5.97. The minimum Gasteiger partial charge on any atom is -0.481 e. The average molecular weight is 660 g/mol. The third kappa shape index (κ3) is 8.97. The highest BCUT2D eigenvalue weighted by atomic mass is 16.4. The van der Waals surface area contributed by atoms with Crippen molar-refractivity contribution in [2.75, 3.05) is 18.0 Å². The lowest BCUT2D eigenvalue weighted by molar-refractivity contribution is -0.143. The van der Waals surface area contributed by atoms with Gasteiger partial charge in [-0.3, -0.25) is 19.2 Å². The average Bonchev–Trinajstić information content (AvgIpc) is 3.43. The number of rotatable bonds is 16. The smallest absolute Gasteiger partial charge is 0.326 e. The van der Waals surface area contributed by atoms with Gasteiger partial charge in [-0.25, -0.2) is 14.6 Å². The highest BCUT2D eigenvalue weighted by Crippen LogP contribution is 2.37. The molecule has 48 heavy (non-hydrogen) atoms. The zero-order valence-electron chi connectivity index (χ0n) is 26.3. The SMILES string of the molecule is C#CCN(CCC1CCc2cc3nc(C)[nH]c(=O)c3cc21)c1ccc(C(=O)N[C@@H](CCC(=O)N[C@H](CCC(=O)O)C(=O)O)C(=O)O)cc1. The summed E-state index contributed by atoms with van der Waals surface area (Å²) in [6, 6.07) is 7.56. The van der Waals surface area contributed by atoms with E-state index >= 15 is 0 Å². The second-order valence-electron chi connectivity index (χ2n) is 11.7. The van der Waals surface area contributed by atoms with Gasteiger partial charge in [-0.1, -0.05) is 5.92 Å². The molecule has 0 bridgehead atoms. The number of carboxylic acid groups (broad SMARTS) is 3. The predicted octanol–water partition coefficient (Wildman–Crippen LogP) is 2.19. The summed E-state index contributed by atoms with van der Waals surface area (Å²) in [5, 5.41) is 32.7. The van der Waals surface area contributed by atoms with Crippen LogP contribution in [0.4, 0.5) is 5.69 Å². The largest absolute Gasteiger partial charge is 0.481 e. The maximum atomic E-state index is 12.9. The molecule has 1 unspecified atom stereocenters. The molecule has 14 heteroatoms. The summed E-state index contributed by atoms with van der Waals surface area (Å²) < 4.78 is 0. The van der Waals surface area contributed by atoms with Crippen LogP contribution in [0.2, 0.25) is 0 Å². The minimum absolute atomic E-state index is 0.164. The number of carboxylic acids is 3. The maximum absolute atomic E-state index is 12.9. The van der Waals surface area contributed by atoms with Crippen molar-refractivity contribution < 1.29 is 39.3 Å². The Hall–Kier alpha value is -5.71. The van der Waals surface area contributed by atoms with Gasteiger partial charge in [0.15, 0.2) is 0 Å². The molecule has 1 aliphatic rings. The molecule has 2 aromatic carbocycles. The maximum Gasteiger partial charge on any atom is 0.326 e. The van der Waals surface area contributed by atoms with Crippen LogP contribution < -0.4 is 21.1 Å². The summed E-state index contributed by atoms with van der Waals surface area (Å²) in [4.78, 5) is 80.8. The Balaban J connectivity index is 1.35. The summed E-state index contributed by atoms with van der Waals surface area (Å²) in [5.41, 5.74) is 3.79. The number of amides is 2. The molecule has 1 heterocycles. The molecule has 1 aliphatic carbocycles. The number of aliphatic carboxylic acids is 3. The first kappa shape index (κ1) is 35.1. The topological polar surface area (TPSA) is 219 Å². The van der Waals surface area contributed by atoms with E-state index in [2.05, 4.69) is 26.5 Å². The lowest BCUT2D eigenvalue weighted by Crippen LogP contribution is -2.44. The van der Waals surface area contributed by atoms with E-state index in [1.165, 1.54) is 17.7 Å². The normalized spacial score (nSPS) is 14.7. The lowest BCUT2D eigenvalue weighted by atomic mass is 9.96. The second-order valence-corrected chi connectivity index (χ2v) is 11.7. The summed E-state index contributed by atoms with van der Waals surface area (Å²) in [7, 11) is 0. The monoisotopic (exact) mass is 659 g/mol. The first-order valence-electron chi connectivity index (χ1n) is 15.5. The van der Waals surface area contributed by atoms with Crippen LogP contribution in [-0.4, -0.2) is 80.2 Å². The third-order valence-electron chi connectivity index (χ3n) is 8.35. The van der Waals surface area contributed by atoms with Gasteiger partial charge in [-0.05, 0) is 92.5 Å².